The number of nitrogens with one attached hydrogen (secondary N) is 1. The number of nitrogens with zero attached hydrogens (tertiary/aromatic N) is 4. The molecule has 0 unspecified atom stereocenters. The number of carbonyl (C=O) groups excluding carboxylic acids is 1. The van der Waals surface area contributed by atoms with Crippen molar-refractivity contribution in [3.8, 4) is 11.3 Å². The molecule has 0 aliphatic carbocycles. The van der Waals surface area contributed by atoms with E-state index in [2.05, 4.69) is 17.0 Å². The summed E-state index contributed by atoms with van der Waals surface area (Å²) in [6.45, 7) is 5.61. The summed E-state index contributed by atoms with van der Waals surface area (Å²) in [7, 11) is -0.979. The van der Waals surface area contributed by atoms with E-state index < -0.39 is 21.7 Å². The molecule has 2 aromatic heterocycles. The Hall–Kier alpha value is -5.30. The standard InChI is InChI=1S/C32H27F2N5O5S/c1-17-29(26-13-19-12-21(34)10-11-24(19)39(26)16-43-17)37-31(35-2)22-14-23-27(15-25(22)38(4)45(5,41)42)44-30(28(23)32(40)36-3)18-6-8-20(33)9-7-18/h6-15H,2,16H2,1,3-5H3,(H,36,40). The van der Waals surface area contributed by atoms with Crippen molar-refractivity contribution in [3.05, 3.63) is 94.9 Å². The van der Waals surface area contributed by atoms with Gasteiger partial charge in [-0.2, -0.15) is 0 Å². The lowest BCUT2D eigenvalue weighted by molar-refractivity contribution is 0.0964. The topological polar surface area (TPSA) is 118 Å². The molecule has 10 nitrogen and oxygen atoms in total. The van der Waals surface area contributed by atoms with Gasteiger partial charge in [-0.1, -0.05) is 0 Å². The van der Waals surface area contributed by atoms with Gasteiger partial charge in [-0.25, -0.2) is 27.2 Å². The zero-order valence-electron chi connectivity index (χ0n) is 24.7. The number of halogens is 2. The highest BCUT2D eigenvalue weighted by atomic mass is 32.2. The van der Waals surface area contributed by atoms with Gasteiger partial charge in [0.05, 0.1) is 28.7 Å². The fourth-order valence-corrected chi connectivity index (χ4v) is 5.82. The molecule has 1 aliphatic heterocycles. The second-order valence-corrected chi connectivity index (χ2v) is 12.4. The van der Waals surface area contributed by atoms with E-state index in [9.17, 15) is 22.0 Å². The minimum absolute atomic E-state index is 0.0256. The van der Waals surface area contributed by atoms with Crippen LogP contribution in [0.15, 0.2) is 80.8 Å². The highest BCUT2D eigenvalue weighted by molar-refractivity contribution is 7.92. The third-order valence-corrected chi connectivity index (χ3v) is 8.85. The fourth-order valence-electron chi connectivity index (χ4n) is 5.32. The van der Waals surface area contributed by atoms with Gasteiger partial charge in [-0.15, -0.1) is 0 Å². The number of aromatic nitrogens is 1. The first kappa shape index (κ1) is 29.8. The Kier molecular flexibility index (Phi) is 7.28. The maximum atomic E-state index is 14.0. The number of amidine groups is 1. The van der Waals surface area contributed by atoms with E-state index in [1.807, 2.05) is 4.57 Å². The Morgan fingerprint density at radius 3 is 2.44 bits per heavy atom. The molecule has 3 aromatic carbocycles. The highest BCUT2D eigenvalue weighted by Crippen LogP contribution is 2.39. The SMILES string of the molecule is C=NC(=NC1=C(C)OCn2c1cc1cc(F)ccc12)c1cc2c(C(=O)NC)c(-c3ccc(F)cc3)oc2cc1N(C)S(C)(=O)=O. The lowest BCUT2D eigenvalue weighted by Gasteiger charge is -2.22. The number of rotatable bonds is 6. The molecule has 0 bridgehead atoms. The lowest BCUT2D eigenvalue weighted by atomic mass is 10.0. The molecule has 0 fully saturated rings. The summed E-state index contributed by atoms with van der Waals surface area (Å²) >= 11 is 0. The zero-order valence-corrected chi connectivity index (χ0v) is 25.5. The average molecular weight is 632 g/mol. The van der Waals surface area contributed by atoms with Crippen LogP contribution in [0.1, 0.15) is 28.5 Å². The van der Waals surface area contributed by atoms with Gasteiger partial charge < -0.3 is 19.0 Å². The summed E-state index contributed by atoms with van der Waals surface area (Å²) in [4.78, 5) is 22.2. The lowest BCUT2D eigenvalue weighted by Crippen LogP contribution is -2.26. The number of hydrogen-bond acceptors (Lipinski definition) is 6. The molecule has 1 amide bonds. The van der Waals surface area contributed by atoms with Gasteiger partial charge in [0.1, 0.15) is 34.4 Å². The normalized spacial score (nSPS) is 13.6. The third kappa shape index (κ3) is 5.14. The summed E-state index contributed by atoms with van der Waals surface area (Å²) in [6, 6.07) is 14.7. The molecule has 3 heterocycles. The summed E-state index contributed by atoms with van der Waals surface area (Å²) in [5.74, 6) is -0.690. The molecule has 1 aliphatic rings. The molecule has 0 saturated carbocycles. The number of sulfonamides is 1. The van der Waals surface area contributed by atoms with E-state index in [1.54, 1.807) is 25.1 Å². The molecule has 5 aromatic rings. The van der Waals surface area contributed by atoms with Gasteiger partial charge >= 0.3 is 0 Å². The number of furan rings is 1. The molecule has 0 spiro atoms. The van der Waals surface area contributed by atoms with Crippen LogP contribution in [0.4, 0.5) is 14.5 Å². The second-order valence-electron chi connectivity index (χ2n) is 10.4. The molecule has 0 atom stereocenters. The smallest absolute Gasteiger partial charge is 0.255 e. The third-order valence-electron chi connectivity index (χ3n) is 7.66. The molecule has 13 heteroatoms. The van der Waals surface area contributed by atoms with E-state index in [1.165, 1.54) is 56.6 Å². The van der Waals surface area contributed by atoms with Crippen LogP contribution in [-0.4, -0.2) is 51.8 Å². The summed E-state index contributed by atoms with van der Waals surface area (Å²) in [5, 5.41) is 3.58. The van der Waals surface area contributed by atoms with Crippen LogP contribution in [-0.2, 0) is 21.5 Å². The predicted molar refractivity (Wildman–Crippen MR) is 170 cm³/mol. The van der Waals surface area contributed by atoms with Crippen LogP contribution in [0, 0.1) is 11.6 Å². The molecular formula is C32H27F2N5O5S. The maximum absolute atomic E-state index is 14.0. The number of ether oxygens (including phenoxy) is 1. The van der Waals surface area contributed by atoms with Crippen LogP contribution in [0.5, 0.6) is 0 Å². The van der Waals surface area contributed by atoms with Crippen molar-refractivity contribution in [2.45, 2.75) is 13.7 Å². The Labute approximate surface area is 257 Å². The van der Waals surface area contributed by atoms with E-state index in [0.29, 0.717) is 33.5 Å². The average Bonchev–Trinajstić information content (AvgIpc) is 3.57. The predicted octanol–water partition coefficient (Wildman–Crippen LogP) is 5.91. The Morgan fingerprint density at radius 1 is 1.07 bits per heavy atom. The Morgan fingerprint density at radius 2 is 1.78 bits per heavy atom. The van der Waals surface area contributed by atoms with Gasteiger partial charge in [0.15, 0.2) is 12.6 Å². The number of benzene rings is 3. The monoisotopic (exact) mass is 631 g/mol. The van der Waals surface area contributed by atoms with Crippen molar-refractivity contribution < 1.29 is 31.1 Å². The number of allylic oxidation sites excluding steroid dienone is 1. The number of anilines is 1. The largest absolute Gasteiger partial charge is 0.475 e. The first-order valence-corrected chi connectivity index (χ1v) is 15.5. The minimum atomic E-state index is -3.81. The fraction of sp³-hybridized carbons (Fsp3) is 0.156. The van der Waals surface area contributed by atoms with E-state index in [4.69, 9.17) is 14.1 Å². The van der Waals surface area contributed by atoms with Crippen LogP contribution >= 0.6 is 0 Å². The van der Waals surface area contributed by atoms with Crippen molar-refractivity contribution in [3.63, 3.8) is 0 Å². The van der Waals surface area contributed by atoms with Crippen molar-refractivity contribution in [1.82, 2.24) is 9.88 Å². The zero-order chi connectivity index (χ0) is 32.2. The summed E-state index contributed by atoms with van der Waals surface area (Å²) < 4.78 is 68.2. The van der Waals surface area contributed by atoms with Gasteiger partial charge in [0.25, 0.3) is 5.91 Å². The van der Waals surface area contributed by atoms with E-state index in [0.717, 1.165) is 16.1 Å². The molecule has 0 radical (unpaired) electrons. The molecule has 230 valence electrons. The summed E-state index contributed by atoms with van der Waals surface area (Å²) in [6.07, 6.45) is 1.04. The first-order valence-electron chi connectivity index (χ1n) is 13.6. The number of hydrogen-bond donors (Lipinski definition) is 1. The Balaban J connectivity index is 1.63. The molecule has 0 saturated heterocycles. The van der Waals surface area contributed by atoms with Crippen LogP contribution < -0.4 is 9.62 Å². The molecular weight excluding hydrogens is 604 g/mol. The highest BCUT2D eigenvalue weighted by Gasteiger charge is 2.28. The molecule has 1 N–H and O–H groups in total. The first-order chi connectivity index (χ1) is 21.4. The van der Waals surface area contributed by atoms with Crippen LogP contribution in [0.3, 0.4) is 0 Å². The van der Waals surface area contributed by atoms with Crippen LogP contribution in [0.25, 0.3) is 38.9 Å². The van der Waals surface area contributed by atoms with Crippen LogP contribution in [0.2, 0.25) is 0 Å². The van der Waals surface area contributed by atoms with Gasteiger partial charge in [-0.3, -0.25) is 9.10 Å². The van der Waals surface area contributed by atoms with Gasteiger partial charge in [-0.05, 0) is 68.2 Å². The maximum Gasteiger partial charge on any atom is 0.255 e. The second kappa shape index (κ2) is 11.0. The number of fused-ring (bicyclic) bond motifs is 4. The van der Waals surface area contributed by atoms with Crippen molar-refractivity contribution in [2.24, 2.45) is 9.98 Å². The van der Waals surface area contributed by atoms with Crippen molar-refractivity contribution >= 4 is 61.7 Å². The summed E-state index contributed by atoms with van der Waals surface area (Å²) in [5.41, 5.74) is 2.90. The molecule has 6 rings (SSSR count). The number of carbonyl (C=O) groups is 1. The van der Waals surface area contributed by atoms with Crippen molar-refractivity contribution in [1.29, 1.82) is 0 Å². The molecule has 45 heavy (non-hydrogen) atoms. The van der Waals surface area contributed by atoms with Crippen molar-refractivity contribution in [2.75, 3.05) is 24.7 Å². The minimum Gasteiger partial charge on any atom is -0.475 e. The van der Waals surface area contributed by atoms with E-state index in [-0.39, 0.29) is 46.5 Å². The van der Waals surface area contributed by atoms with Gasteiger partial charge in [0.2, 0.25) is 10.0 Å². The van der Waals surface area contributed by atoms with Gasteiger partial charge in [0, 0.05) is 42.1 Å². The number of amides is 1. The Bertz CT molecular complexity index is 2220. The quantitative estimate of drug-likeness (QED) is 0.185. The van der Waals surface area contributed by atoms with E-state index >= 15 is 0 Å². The number of aliphatic imine (C=N–C) groups is 2.